The van der Waals surface area contributed by atoms with Crippen LogP contribution in [-0.4, -0.2) is 49.4 Å². The third-order valence-electron chi connectivity index (χ3n) is 6.19. The Morgan fingerprint density at radius 1 is 1.00 bits per heavy atom. The summed E-state index contributed by atoms with van der Waals surface area (Å²) in [6.07, 6.45) is 2.63. The molecule has 2 aromatic carbocycles. The fourth-order valence-corrected chi connectivity index (χ4v) is 6.23. The average Bonchev–Trinajstić information content (AvgIpc) is 2.97. The van der Waals surface area contributed by atoms with Crippen molar-refractivity contribution in [1.82, 2.24) is 9.21 Å². The van der Waals surface area contributed by atoms with Gasteiger partial charge in [-0.05, 0) is 56.0 Å². The van der Waals surface area contributed by atoms with Crippen LogP contribution in [0.1, 0.15) is 38.7 Å². The second-order valence-electron chi connectivity index (χ2n) is 8.81. The summed E-state index contributed by atoms with van der Waals surface area (Å²) in [4.78, 5) is 2.75. The van der Waals surface area contributed by atoms with E-state index in [-0.39, 0.29) is 17.0 Å². The second-order valence-corrected chi connectivity index (χ2v) is 10.7. The van der Waals surface area contributed by atoms with Gasteiger partial charge in [0, 0.05) is 13.1 Å². The van der Waals surface area contributed by atoms with Crippen molar-refractivity contribution in [2.75, 3.05) is 19.6 Å². The maximum Gasteiger partial charge on any atom is 0.247 e. The first kappa shape index (κ1) is 21.3. The lowest BCUT2D eigenvalue weighted by Gasteiger charge is -2.32. The van der Waals surface area contributed by atoms with Crippen LogP contribution in [0.2, 0.25) is 0 Å². The van der Waals surface area contributed by atoms with E-state index in [9.17, 15) is 8.42 Å². The number of ether oxygens (including phenoxy) is 1. The monoisotopic (exact) mass is 428 g/mol. The van der Waals surface area contributed by atoms with E-state index in [1.807, 2.05) is 36.4 Å². The summed E-state index contributed by atoms with van der Waals surface area (Å²) in [6.45, 7) is 7.75. The third-order valence-corrected chi connectivity index (χ3v) is 8.10. The largest absolute Gasteiger partial charge is 0.487 e. The minimum Gasteiger partial charge on any atom is -0.487 e. The standard InChI is InChI=1S/C24H32N2O3S/c1-19(2)12-15-25-16-13-21-22(14-17-25)29-23-10-6-7-11-24(23)30(27,28)26(21)18-20-8-4-3-5-9-20/h3-11,19,21-22H,12-18H2,1-2H3/t21-,22-/m1/s1. The number of hydrogen-bond donors (Lipinski definition) is 0. The van der Waals surface area contributed by atoms with E-state index in [0.29, 0.717) is 18.2 Å². The van der Waals surface area contributed by atoms with Crippen molar-refractivity contribution in [3.8, 4) is 5.75 Å². The first-order chi connectivity index (χ1) is 14.4. The molecule has 0 spiro atoms. The van der Waals surface area contributed by atoms with Crippen LogP contribution in [-0.2, 0) is 16.6 Å². The molecule has 0 N–H and O–H groups in total. The van der Waals surface area contributed by atoms with Gasteiger partial charge in [0.25, 0.3) is 0 Å². The normalized spacial score (nSPS) is 24.4. The summed E-state index contributed by atoms with van der Waals surface area (Å²) in [5, 5.41) is 0. The van der Waals surface area contributed by atoms with Crippen LogP contribution in [0.25, 0.3) is 0 Å². The Balaban J connectivity index is 1.68. The van der Waals surface area contributed by atoms with E-state index in [0.717, 1.165) is 44.5 Å². The maximum atomic E-state index is 13.7. The number of benzene rings is 2. The minimum atomic E-state index is -3.66. The van der Waals surface area contributed by atoms with Crippen LogP contribution in [0, 0.1) is 5.92 Å². The van der Waals surface area contributed by atoms with Crippen molar-refractivity contribution in [2.45, 2.75) is 56.7 Å². The summed E-state index contributed by atoms with van der Waals surface area (Å²) in [7, 11) is -3.66. The van der Waals surface area contributed by atoms with E-state index < -0.39 is 10.0 Å². The molecule has 5 nitrogen and oxygen atoms in total. The van der Waals surface area contributed by atoms with Gasteiger partial charge < -0.3 is 9.64 Å². The van der Waals surface area contributed by atoms with Crippen molar-refractivity contribution in [2.24, 2.45) is 5.92 Å². The van der Waals surface area contributed by atoms with E-state index in [2.05, 4.69) is 18.7 Å². The average molecular weight is 429 g/mol. The fourth-order valence-electron chi connectivity index (χ4n) is 4.44. The van der Waals surface area contributed by atoms with Gasteiger partial charge in [0.2, 0.25) is 10.0 Å². The maximum absolute atomic E-state index is 13.7. The molecule has 6 heteroatoms. The van der Waals surface area contributed by atoms with E-state index in [1.54, 1.807) is 22.5 Å². The number of fused-ring (bicyclic) bond motifs is 2. The van der Waals surface area contributed by atoms with Crippen LogP contribution >= 0.6 is 0 Å². The Kier molecular flexibility index (Phi) is 6.46. The number of likely N-dealkylation sites (tertiary alicyclic amines) is 1. The molecule has 30 heavy (non-hydrogen) atoms. The van der Waals surface area contributed by atoms with Crippen LogP contribution < -0.4 is 4.74 Å². The third kappa shape index (κ3) is 4.56. The zero-order valence-electron chi connectivity index (χ0n) is 17.9. The molecule has 0 aliphatic carbocycles. The van der Waals surface area contributed by atoms with Gasteiger partial charge in [0.05, 0.1) is 6.04 Å². The van der Waals surface area contributed by atoms with Crippen LogP contribution in [0.3, 0.4) is 0 Å². The number of para-hydroxylation sites is 1. The predicted molar refractivity (Wildman–Crippen MR) is 119 cm³/mol. The Labute approximate surface area is 180 Å². The van der Waals surface area contributed by atoms with E-state index in [4.69, 9.17) is 4.74 Å². The number of nitrogens with zero attached hydrogens (tertiary/aromatic N) is 2. The van der Waals surface area contributed by atoms with Gasteiger partial charge in [-0.25, -0.2) is 8.42 Å². The lowest BCUT2D eigenvalue weighted by atomic mass is 10.1. The highest BCUT2D eigenvalue weighted by molar-refractivity contribution is 7.89. The van der Waals surface area contributed by atoms with E-state index >= 15 is 0 Å². The summed E-state index contributed by atoms with van der Waals surface area (Å²) in [5.74, 6) is 1.15. The molecule has 0 saturated carbocycles. The van der Waals surface area contributed by atoms with Gasteiger partial charge in [0.1, 0.15) is 16.7 Å². The van der Waals surface area contributed by atoms with Gasteiger partial charge >= 0.3 is 0 Å². The molecule has 2 heterocycles. The van der Waals surface area contributed by atoms with Gasteiger partial charge in [0.15, 0.2) is 0 Å². The quantitative estimate of drug-likeness (QED) is 0.718. The number of hydrogen-bond acceptors (Lipinski definition) is 4. The molecule has 1 fully saturated rings. The Hall–Kier alpha value is -1.89. The molecule has 0 aromatic heterocycles. The van der Waals surface area contributed by atoms with Crippen molar-refractivity contribution < 1.29 is 13.2 Å². The van der Waals surface area contributed by atoms with E-state index in [1.165, 1.54) is 0 Å². The molecule has 2 atom stereocenters. The van der Waals surface area contributed by atoms with Crippen LogP contribution in [0.4, 0.5) is 0 Å². The molecule has 0 amide bonds. The SMILES string of the molecule is CC(C)CCN1CC[C@@H]2[C@@H](CC1)Oc1ccccc1S(=O)(=O)N2Cc1ccccc1. The van der Waals surface area contributed by atoms with Crippen molar-refractivity contribution in [3.63, 3.8) is 0 Å². The molecule has 0 radical (unpaired) electrons. The zero-order valence-corrected chi connectivity index (χ0v) is 18.7. The molecular formula is C24H32N2O3S. The number of rotatable bonds is 5. The summed E-state index contributed by atoms with van der Waals surface area (Å²) >= 11 is 0. The van der Waals surface area contributed by atoms with Crippen molar-refractivity contribution in [1.29, 1.82) is 0 Å². The smallest absolute Gasteiger partial charge is 0.247 e. The molecule has 0 bridgehead atoms. The Morgan fingerprint density at radius 3 is 2.47 bits per heavy atom. The first-order valence-electron chi connectivity index (χ1n) is 11.0. The first-order valence-corrected chi connectivity index (χ1v) is 12.4. The molecule has 0 unspecified atom stereocenters. The highest BCUT2D eigenvalue weighted by Gasteiger charge is 2.43. The lowest BCUT2D eigenvalue weighted by Crippen LogP contribution is -2.46. The predicted octanol–water partition coefficient (Wildman–Crippen LogP) is 4.15. The van der Waals surface area contributed by atoms with Gasteiger partial charge in [-0.1, -0.05) is 56.3 Å². The molecule has 1 saturated heterocycles. The van der Waals surface area contributed by atoms with Gasteiger partial charge in [-0.3, -0.25) is 0 Å². The summed E-state index contributed by atoms with van der Waals surface area (Å²) in [5.41, 5.74) is 1.00. The van der Waals surface area contributed by atoms with Crippen molar-refractivity contribution >= 4 is 10.0 Å². The summed E-state index contributed by atoms with van der Waals surface area (Å²) in [6, 6.07) is 16.8. The molecule has 4 rings (SSSR count). The molecule has 2 aliphatic rings. The lowest BCUT2D eigenvalue weighted by molar-refractivity contribution is 0.110. The molecule has 2 aliphatic heterocycles. The van der Waals surface area contributed by atoms with Gasteiger partial charge in [-0.15, -0.1) is 0 Å². The summed E-state index contributed by atoms with van der Waals surface area (Å²) < 4.78 is 35.5. The molecule has 162 valence electrons. The highest BCUT2D eigenvalue weighted by atomic mass is 32.2. The number of sulfonamides is 1. The topological polar surface area (TPSA) is 49.9 Å². The highest BCUT2D eigenvalue weighted by Crippen LogP contribution is 2.37. The molecule has 2 aromatic rings. The van der Waals surface area contributed by atoms with Crippen LogP contribution in [0.5, 0.6) is 5.75 Å². The molecular weight excluding hydrogens is 396 g/mol. The minimum absolute atomic E-state index is 0.142. The fraction of sp³-hybridized carbons (Fsp3) is 0.500. The zero-order chi connectivity index (χ0) is 21.1. The van der Waals surface area contributed by atoms with Gasteiger partial charge in [-0.2, -0.15) is 4.31 Å². The second kappa shape index (κ2) is 9.08. The van der Waals surface area contributed by atoms with Crippen molar-refractivity contribution in [3.05, 3.63) is 60.2 Å². The Morgan fingerprint density at radius 2 is 1.70 bits per heavy atom. The van der Waals surface area contributed by atoms with Crippen LogP contribution in [0.15, 0.2) is 59.5 Å². The Bertz CT molecular complexity index is 946.